The summed E-state index contributed by atoms with van der Waals surface area (Å²) in [5.74, 6) is 0. The monoisotopic (exact) mass is 190 g/mol. The Morgan fingerprint density at radius 1 is 1.46 bits per heavy atom. The van der Waals surface area contributed by atoms with E-state index in [1.807, 2.05) is 0 Å². The van der Waals surface area contributed by atoms with Crippen molar-refractivity contribution in [3.63, 3.8) is 0 Å². The van der Waals surface area contributed by atoms with Crippen LogP contribution in [-0.4, -0.2) is 30.6 Å². The fourth-order valence-electron chi connectivity index (χ4n) is 1.24. The molecule has 0 amide bonds. The van der Waals surface area contributed by atoms with Crippen LogP contribution < -0.4 is 0 Å². The van der Waals surface area contributed by atoms with Crippen molar-refractivity contribution in [3.8, 4) is 0 Å². The first kappa shape index (κ1) is 10.9. The lowest BCUT2D eigenvalue weighted by Crippen LogP contribution is -2.21. The van der Waals surface area contributed by atoms with Gasteiger partial charge in [-0.05, 0) is 34.1 Å². The molecule has 0 aliphatic carbocycles. The van der Waals surface area contributed by atoms with Crippen LogP contribution in [-0.2, 0) is 9.47 Å². The number of alkyl halides is 1. The molecule has 1 aliphatic rings. The molecule has 1 atom stereocenters. The topological polar surface area (TPSA) is 21.8 Å². The van der Waals surface area contributed by atoms with E-state index >= 15 is 0 Å². The van der Waals surface area contributed by atoms with E-state index < -0.39 is 5.67 Å². The molecule has 1 fully saturated rings. The highest BCUT2D eigenvalue weighted by molar-refractivity contribution is 4.94. The second kappa shape index (κ2) is 3.54. The minimum absolute atomic E-state index is 0.0224. The zero-order valence-electron chi connectivity index (χ0n) is 8.89. The first-order valence-corrected chi connectivity index (χ1v) is 4.76. The van der Waals surface area contributed by atoms with Gasteiger partial charge in [0.2, 0.25) is 0 Å². The molecule has 0 spiro atoms. The van der Waals surface area contributed by atoms with Gasteiger partial charge >= 0.3 is 0 Å². The minimum atomic E-state index is -1.22. The molecular weight excluding hydrogens is 171 g/mol. The van der Waals surface area contributed by atoms with Gasteiger partial charge in [-0.15, -0.1) is 0 Å². The average Bonchev–Trinajstić information content (AvgIpc) is 2.50. The van der Waals surface area contributed by atoms with Crippen molar-refractivity contribution < 1.29 is 13.9 Å². The molecule has 0 aromatic rings. The lowest BCUT2D eigenvalue weighted by molar-refractivity contribution is 0.0336. The van der Waals surface area contributed by atoms with Gasteiger partial charge in [0.15, 0.2) is 0 Å². The van der Waals surface area contributed by atoms with Crippen LogP contribution in [0.4, 0.5) is 4.39 Å². The summed E-state index contributed by atoms with van der Waals surface area (Å²) >= 11 is 0. The van der Waals surface area contributed by atoms with E-state index in [4.69, 9.17) is 9.47 Å². The van der Waals surface area contributed by atoms with Gasteiger partial charge in [-0.2, -0.15) is 0 Å². The molecule has 78 valence electrons. The van der Waals surface area contributed by atoms with Crippen LogP contribution in [0.2, 0.25) is 0 Å². The molecular formula is C10H19FO2. The standard InChI is InChI=1S/C10H19FO2/c1-9(2,11)7-12-6-5-8-10(3,4)13-8/h8H,5-7H2,1-4H3. The molecule has 0 aromatic heterocycles. The van der Waals surface area contributed by atoms with E-state index in [2.05, 4.69) is 13.8 Å². The van der Waals surface area contributed by atoms with Crippen LogP contribution in [0.3, 0.4) is 0 Å². The van der Waals surface area contributed by atoms with Crippen molar-refractivity contribution in [1.82, 2.24) is 0 Å². The maximum absolute atomic E-state index is 12.9. The molecule has 0 saturated carbocycles. The van der Waals surface area contributed by atoms with Crippen molar-refractivity contribution >= 4 is 0 Å². The Kier molecular flexibility index (Phi) is 2.98. The van der Waals surface area contributed by atoms with Gasteiger partial charge in [-0.3, -0.25) is 0 Å². The highest BCUT2D eigenvalue weighted by atomic mass is 19.1. The maximum atomic E-state index is 12.9. The van der Waals surface area contributed by atoms with Crippen LogP contribution in [0.15, 0.2) is 0 Å². The second-order valence-electron chi connectivity index (χ2n) is 4.77. The Hall–Kier alpha value is -0.150. The third kappa shape index (κ3) is 4.05. The Morgan fingerprint density at radius 3 is 2.38 bits per heavy atom. The van der Waals surface area contributed by atoms with E-state index in [1.165, 1.54) is 13.8 Å². The first-order chi connectivity index (χ1) is 5.81. The van der Waals surface area contributed by atoms with Gasteiger partial charge in [0.1, 0.15) is 5.67 Å². The van der Waals surface area contributed by atoms with E-state index in [9.17, 15) is 4.39 Å². The summed E-state index contributed by atoms with van der Waals surface area (Å²) in [6.45, 7) is 7.89. The highest BCUT2D eigenvalue weighted by Gasteiger charge is 2.46. The Bertz CT molecular complexity index is 172. The lowest BCUT2D eigenvalue weighted by atomic mass is 10.1. The fourth-order valence-corrected chi connectivity index (χ4v) is 1.24. The zero-order chi connectivity index (χ0) is 10.1. The number of epoxide rings is 1. The van der Waals surface area contributed by atoms with E-state index in [1.54, 1.807) is 0 Å². The molecule has 1 aliphatic heterocycles. The predicted molar refractivity (Wildman–Crippen MR) is 49.6 cm³/mol. The quantitative estimate of drug-likeness (QED) is 0.490. The number of ether oxygens (including phenoxy) is 2. The average molecular weight is 190 g/mol. The minimum Gasteiger partial charge on any atom is -0.378 e. The second-order valence-corrected chi connectivity index (χ2v) is 4.77. The van der Waals surface area contributed by atoms with Crippen LogP contribution >= 0.6 is 0 Å². The first-order valence-electron chi connectivity index (χ1n) is 4.76. The van der Waals surface area contributed by atoms with Gasteiger partial charge in [-0.1, -0.05) is 0 Å². The molecule has 0 radical (unpaired) electrons. The Balaban J connectivity index is 1.97. The van der Waals surface area contributed by atoms with Crippen molar-refractivity contribution in [2.75, 3.05) is 13.2 Å². The molecule has 1 unspecified atom stereocenters. The van der Waals surface area contributed by atoms with Crippen LogP contribution in [0.1, 0.15) is 34.1 Å². The summed E-state index contributed by atoms with van der Waals surface area (Å²) in [5, 5.41) is 0. The number of hydrogen-bond acceptors (Lipinski definition) is 2. The van der Waals surface area contributed by atoms with Gasteiger partial charge in [0, 0.05) is 6.61 Å². The number of hydrogen-bond donors (Lipinski definition) is 0. The Labute approximate surface area is 79.4 Å². The fraction of sp³-hybridized carbons (Fsp3) is 1.00. The molecule has 0 N–H and O–H groups in total. The number of rotatable bonds is 5. The van der Waals surface area contributed by atoms with Crippen molar-refractivity contribution in [2.45, 2.75) is 51.5 Å². The summed E-state index contributed by atoms with van der Waals surface area (Å²) in [6, 6.07) is 0. The lowest BCUT2D eigenvalue weighted by Gasteiger charge is -2.13. The molecule has 0 aromatic carbocycles. The summed E-state index contributed by atoms with van der Waals surface area (Å²) in [6.07, 6.45) is 1.17. The Morgan fingerprint density at radius 2 is 2.00 bits per heavy atom. The zero-order valence-corrected chi connectivity index (χ0v) is 8.89. The van der Waals surface area contributed by atoms with Crippen LogP contribution in [0, 0.1) is 0 Å². The van der Waals surface area contributed by atoms with E-state index in [0.717, 1.165) is 6.42 Å². The summed E-state index contributed by atoms with van der Waals surface area (Å²) < 4.78 is 23.5. The summed E-state index contributed by atoms with van der Waals surface area (Å²) in [7, 11) is 0. The molecule has 1 saturated heterocycles. The predicted octanol–water partition coefficient (Wildman–Crippen LogP) is 2.32. The largest absolute Gasteiger partial charge is 0.378 e. The van der Waals surface area contributed by atoms with Gasteiger partial charge in [0.05, 0.1) is 18.3 Å². The van der Waals surface area contributed by atoms with Crippen molar-refractivity contribution in [1.29, 1.82) is 0 Å². The molecule has 1 heterocycles. The summed E-state index contributed by atoms with van der Waals surface area (Å²) in [5.41, 5.74) is -1.20. The third-order valence-electron chi connectivity index (χ3n) is 2.13. The van der Waals surface area contributed by atoms with Crippen molar-refractivity contribution in [2.24, 2.45) is 0 Å². The van der Waals surface area contributed by atoms with Gasteiger partial charge in [0.25, 0.3) is 0 Å². The van der Waals surface area contributed by atoms with Gasteiger partial charge in [-0.25, -0.2) is 4.39 Å². The van der Waals surface area contributed by atoms with Crippen LogP contribution in [0.5, 0.6) is 0 Å². The molecule has 1 rings (SSSR count). The SMILES string of the molecule is CC(C)(F)COCCC1OC1(C)C. The van der Waals surface area contributed by atoms with E-state index in [0.29, 0.717) is 12.7 Å². The normalized spacial score (nSPS) is 26.1. The maximum Gasteiger partial charge on any atom is 0.128 e. The third-order valence-corrected chi connectivity index (χ3v) is 2.13. The molecule has 2 nitrogen and oxygen atoms in total. The van der Waals surface area contributed by atoms with Gasteiger partial charge < -0.3 is 9.47 Å². The smallest absolute Gasteiger partial charge is 0.128 e. The van der Waals surface area contributed by atoms with Crippen molar-refractivity contribution in [3.05, 3.63) is 0 Å². The summed E-state index contributed by atoms with van der Waals surface area (Å²) in [4.78, 5) is 0. The highest BCUT2D eigenvalue weighted by Crippen LogP contribution is 2.37. The number of halogens is 1. The molecule has 13 heavy (non-hydrogen) atoms. The molecule has 0 bridgehead atoms. The molecule has 3 heteroatoms. The van der Waals surface area contributed by atoms with E-state index in [-0.39, 0.29) is 12.2 Å². The van der Waals surface area contributed by atoms with Crippen LogP contribution in [0.25, 0.3) is 0 Å².